The van der Waals surface area contributed by atoms with Crippen molar-refractivity contribution in [3.05, 3.63) is 70.8 Å². The van der Waals surface area contributed by atoms with Gasteiger partial charge in [0.15, 0.2) is 0 Å². The first-order chi connectivity index (χ1) is 11.9. The molecule has 0 saturated carbocycles. The maximum absolute atomic E-state index is 13.0. The Morgan fingerprint density at radius 3 is 2.56 bits per heavy atom. The molecule has 3 unspecified atom stereocenters. The third-order valence-corrected chi connectivity index (χ3v) is 5.97. The van der Waals surface area contributed by atoms with E-state index in [1.165, 1.54) is 17.7 Å². The van der Waals surface area contributed by atoms with Crippen LogP contribution in [0.4, 0.5) is 13.2 Å². The van der Waals surface area contributed by atoms with E-state index >= 15 is 0 Å². The van der Waals surface area contributed by atoms with Crippen molar-refractivity contribution in [3.63, 3.8) is 0 Å². The Hall–Kier alpha value is -1.81. The first kappa shape index (κ1) is 16.6. The highest BCUT2D eigenvalue weighted by Crippen LogP contribution is 2.46. The molecular formula is C21H22F3N. The zero-order chi connectivity index (χ0) is 17.6. The lowest BCUT2D eigenvalue weighted by atomic mass is 9.73. The molecule has 1 saturated heterocycles. The van der Waals surface area contributed by atoms with E-state index in [1.54, 1.807) is 6.07 Å². The molecule has 0 aromatic heterocycles. The van der Waals surface area contributed by atoms with E-state index < -0.39 is 11.7 Å². The summed E-state index contributed by atoms with van der Waals surface area (Å²) in [6, 6.07) is 15.3. The fraction of sp³-hybridized carbons (Fsp3) is 0.429. The summed E-state index contributed by atoms with van der Waals surface area (Å²) in [4.78, 5) is 2.40. The molecule has 1 heterocycles. The number of likely N-dealkylation sites (tertiary alicyclic amines) is 1. The Balaban J connectivity index is 1.60. The molecular weight excluding hydrogens is 323 g/mol. The van der Waals surface area contributed by atoms with Gasteiger partial charge in [-0.25, -0.2) is 0 Å². The van der Waals surface area contributed by atoms with Gasteiger partial charge in [0.05, 0.1) is 5.56 Å². The highest BCUT2D eigenvalue weighted by Gasteiger charge is 2.43. The standard InChI is InChI=1S/C21H22F3N/c1-25-13-19-17-10-8-16(21(22,23)24)12-15(17)7-9-18(19)20(25)11-14-5-3-2-4-6-14/h2-6,8,10,12,18-20H,7,9,11,13H2,1H3. The minimum absolute atomic E-state index is 0.352. The minimum Gasteiger partial charge on any atom is -0.302 e. The number of rotatable bonds is 2. The molecule has 132 valence electrons. The van der Waals surface area contributed by atoms with E-state index in [0.29, 0.717) is 17.9 Å². The Morgan fingerprint density at radius 1 is 1.08 bits per heavy atom. The van der Waals surface area contributed by atoms with Gasteiger partial charge in [-0.05, 0) is 61.1 Å². The van der Waals surface area contributed by atoms with Crippen LogP contribution in [0, 0.1) is 5.92 Å². The van der Waals surface area contributed by atoms with Crippen molar-refractivity contribution in [2.24, 2.45) is 5.92 Å². The average Bonchev–Trinajstić information content (AvgIpc) is 2.91. The molecule has 2 aromatic carbocycles. The minimum atomic E-state index is -4.26. The predicted octanol–water partition coefficient (Wildman–Crippen LogP) is 4.91. The number of benzene rings is 2. The lowest BCUT2D eigenvalue weighted by Gasteiger charge is -2.32. The summed E-state index contributed by atoms with van der Waals surface area (Å²) in [5.41, 5.74) is 2.84. The molecule has 4 rings (SSSR count). The SMILES string of the molecule is CN1CC2c3ccc(C(F)(F)F)cc3CCC2C1Cc1ccccc1. The first-order valence-electron chi connectivity index (χ1n) is 8.87. The van der Waals surface area contributed by atoms with Gasteiger partial charge in [0, 0.05) is 18.5 Å². The summed E-state index contributed by atoms with van der Waals surface area (Å²) in [5, 5.41) is 0. The highest BCUT2D eigenvalue weighted by molar-refractivity contribution is 5.39. The van der Waals surface area contributed by atoms with Gasteiger partial charge in [0.25, 0.3) is 0 Å². The molecule has 3 atom stereocenters. The van der Waals surface area contributed by atoms with Crippen LogP contribution >= 0.6 is 0 Å². The number of hydrogen-bond donors (Lipinski definition) is 0. The molecule has 2 aliphatic rings. The third kappa shape index (κ3) is 3.08. The molecule has 0 spiro atoms. The first-order valence-corrected chi connectivity index (χ1v) is 8.87. The van der Waals surface area contributed by atoms with Crippen molar-refractivity contribution >= 4 is 0 Å². The van der Waals surface area contributed by atoms with Gasteiger partial charge in [0.2, 0.25) is 0 Å². The molecule has 25 heavy (non-hydrogen) atoms. The van der Waals surface area contributed by atoms with Crippen LogP contribution in [0.2, 0.25) is 0 Å². The molecule has 2 aromatic rings. The highest BCUT2D eigenvalue weighted by atomic mass is 19.4. The monoisotopic (exact) mass is 345 g/mol. The largest absolute Gasteiger partial charge is 0.416 e. The number of likely N-dealkylation sites (N-methyl/N-ethyl adjacent to an activating group) is 1. The van der Waals surface area contributed by atoms with Crippen LogP contribution in [0.3, 0.4) is 0 Å². The molecule has 0 N–H and O–H groups in total. The molecule has 1 aliphatic heterocycles. The Morgan fingerprint density at radius 2 is 1.84 bits per heavy atom. The van der Waals surface area contributed by atoms with Crippen LogP contribution < -0.4 is 0 Å². The number of alkyl halides is 3. The van der Waals surface area contributed by atoms with E-state index in [-0.39, 0.29) is 0 Å². The van der Waals surface area contributed by atoms with Crippen molar-refractivity contribution in [2.45, 2.75) is 37.4 Å². The molecule has 0 amide bonds. The summed E-state index contributed by atoms with van der Waals surface area (Å²) in [7, 11) is 2.15. The van der Waals surface area contributed by atoms with Crippen LogP contribution in [-0.2, 0) is 19.0 Å². The summed E-state index contributed by atoms with van der Waals surface area (Å²) in [5.74, 6) is 0.874. The fourth-order valence-electron chi connectivity index (χ4n) is 4.74. The molecule has 0 bridgehead atoms. The number of aryl methyl sites for hydroxylation is 1. The topological polar surface area (TPSA) is 3.24 Å². The van der Waals surface area contributed by atoms with E-state index in [9.17, 15) is 13.2 Å². The smallest absolute Gasteiger partial charge is 0.302 e. The summed E-state index contributed by atoms with van der Waals surface area (Å²) in [6.07, 6.45) is -1.52. The lowest BCUT2D eigenvalue weighted by Crippen LogP contribution is -2.32. The second-order valence-electron chi connectivity index (χ2n) is 7.42. The van der Waals surface area contributed by atoms with Crippen molar-refractivity contribution in [2.75, 3.05) is 13.6 Å². The van der Waals surface area contributed by atoms with Gasteiger partial charge in [0.1, 0.15) is 0 Å². The maximum atomic E-state index is 13.0. The number of hydrogen-bond acceptors (Lipinski definition) is 1. The number of nitrogens with zero attached hydrogens (tertiary/aromatic N) is 1. The van der Waals surface area contributed by atoms with Gasteiger partial charge in [-0.1, -0.05) is 36.4 Å². The van der Waals surface area contributed by atoms with Crippen LogP contribution in [-0.4, -0.2) is 24.5 Å². The van der Waals surface area contributed by atoms with Crippen molar-refractivity contribution in [3.8, 4) is 0 Å². The van der Waals surface area contributed by atoms with Gasteiger partial charge in [-0.15, -0.1) is 0 Å². The summed E-state index contributed by atoms with van der Waals surface area (Å²) >= 11 is 0. The van der Waals surface area contributed by atoms with E-state index in [4.69, 9.17) is 0 Å². The van der Waals surface area contributed by atoms with E-state index in [1.807, 2.05) is 6.07 Å². The molecule has 1 nitrogen and oxygen atoms in total. The predicted molar refractivity (Wildman–Crippen MR) is 92.6 cm³/mol. The molecule has 0 radical (unpaired) electrons. The lowest BCUT2D eigenvalue weighted by molar-refractivity contribution is -0.137. The maximum Gasteiger partial charge on any atom is 0.416 e. The quantitative estimate of drug-likeness (QED) is 0.748. The van der Waals surface area contributed by atoms with Crippen molar-refractivity contribution in [1.82, 2.24) is 4.90 Å². The Bertz CT molecular complexity index is 753. The average molecular weight is 345 g/mol. The zero-order valence-electron chi connectivity index (χ0n) is 14.3. The molecule has 1 aliphatic carbocycles. The number of halogens is 3. The normalized spacial score (nSPS) is 26.3. The van der Waals surface area contributed by atoms with Gasteiger partial charge in [-0.2, -0.15) is 13.2 Å². The van der Waals surface area contributed by atoms with Gasteiger partial charge in [-0.3, -0.25) is 0 Å². The third-order valence-electron chi connectivity index (χ3n) is 5.97. The molecule has 1 fully saturated rings. The van der Waals surface area contributed by atoms with Crippen molar-refractivity contribution < 1.29 is 13.2 Å². The van der Waals surface area contributed by atoms with Crippen LogP contribution in [0.25, 0.3) is 0 Å². The van der Waals surface area contributed by atoms with E-state index in [0.717, 1.165) is 36.9 Å². The van der Waals surface area contributed by atoms with E-state index in [2.05, 4.69) is 36.2 Å². The molecule has 4 heteroatoms. The second kappa shape index (κ2) is 6.17. The summed E-state index contributed by atoms with van der Waals surface area (Å²) in [6.45, 7) is 0.931. The van der Waals surface area contributed by atoms with Gasteiger partial charge < -0.3 is 4.90 Å². The Labute approximate surface area is 146 Å². The summed E-state index contributed by atoms with van der Waals surface area (Å²) < 4.78 is 39.0. The second-order valence-corrected chi connectivity index (χ2v) is 7.42. The number of fused-ring (bicyclic) bond motifs is 3. The van der Waals surface area contributed by atoms with Crippen LogP contribution in [0.15, 0.2) is 48.5 Å². The fourth-order valence-corrected chi connectivity index (χ4v) is 4.74. The van der Waals surface area contributed by atoms with Crippen molar-refractivity contribution in [1.29, 1.82) is 0 Å². The zero-order valence-corrected chi connectivity index (χ0v) is 14.3. The van der Waals surface area contributed by atoms with Gasteiger partial charge >= 0.3 is 6.18 Å². The van der Waals surface area contributed by atoms with Crippen LogP contribution in [0.1, 0.15) is 34.6 Å². The van der Waals surface area contributed by atoms with Crippen LogP contribution in [0.5, 0.6) is 0 Å². The Kier molecular flexibility index (Phi) is 4.11.